The van der Waals surface area contributed by atoms with Gasteiger partial charge in [0.15, 0.2) is 5.65 Å². The van der Waals surface area contributed by atoms with E-state index in [2.05, 4.69) is 22.0 Å². The molecule has 3 N–H and O–H groups in total. The second-order valence-corrected chi connectivity index (χ2v) is 6.34. The molecule has 0 aliphatic carbocycles. The molecule has 0 bridgehead atoms. The lowest BCUT2D eigenvalue weighted by molar-refractivity contribution is -1.07. The summed E-state index contributed by atoms with van der Waals surface area (Å²) < 4.78 is 1.82. The first-order valence-corrected chi connectivity index (χ1v) is 8.60. The summed E-state index contributed by atoms with van der Waals surface area (Å²) in [6.07, 6.45) is 3.76. The van der Waals surface area contributed by atoms with Gasteiger partial charge in [-0.2, -0.15) is 10.2 Å². The topological polar surface area (TPSA) is 88.2 Å². The van der Waals surface area contributed by atoms with E-state index < -0.39 is 0 Å². The Hall–Kier alpha value is -2.51. The Balaban J connectivity index is 1.96. The number of nitrogens with zero attached hydrogens (tertiary/aromatic N) is 3. The second kappa shape index (κ2) is 7.58. The Morgan fingerprint density at radius 1 is 1.32 bits per heavy atom. The SMILES string of the molecule is CCC(CC[NH+](C)O)n1ncc2c(=O)[nH]c(Cc3ccccc3)nc21. The zero-order valence-corrected chi connectivity index (χ0v) is 14.6. The molecule has 0 fully saturated rings. The van der Waals surface area contributed by atoms with Crippen LogP contribution >= 0.6 is 0 Å². The third kappa shape index (κ3) is 3.94. The van der Waals surface area contributed by atoms with Crippen LogP contribution < -0.4 is 10.6 Å². The number of aromatic amines is 1. The molecular weight excluding hydrogens is 318 g/mol. The van der Waals surface area contributed by atoms with Gasteiger partial charge in [0.1, 0.15) is 17.8 Å². The summed E-state index contributed by atoms with van der Waals surface area (Å²) in [5.74, 6) is 0.630. The van der Waals surface area contributed by atoms with Crippen LogP contribution in [0.25, 0.3) is 11.0 Å². The van der Waals surface area contributed by atoms with Crippen LogP contribution in [0.5, 0.6) is 0 Å². The Bertz CT molecular complexity index is 885. The summed E-state index contributed by atoms with van der Waals surface area (Å²) in [7, 11) is 1.70. The fourth-order valence-corrected chi connectivity index (χ4v) is 3.00. The average molecular weight is 342 g/mol. The van der Waals surface area contributed by atoms with Gasteiger partial charge >= 0.3 is 0 Å². The minimum Gasteiger partial charge on any atom is -0.310 e. The summed E-state index contributed by atoms with van der Waals surface area (Å²) in [6, 6.07) is 10.0. The summed E-state index contributed by atoms with van der Waals surface area (Å²) >= 11 is 0. The molecule has 7 heteroatoms. The third-order valence-electron chi connectivity index (χ3n) is 4.38. The van der Waals surface area contributed by atoms with Crippen molar-refractivity contribution in [3.05, 3.63) is 58.3 Å². The van der Waals surface area contributed by atoms with Crippen molar-refractivity contribution in [3.8, 4) is 0 Å². The van der Waals surface area contributed by atoms with Crippen LogP contribution in [0.15, 0.2) is 41.3 Å². The number of hydroxylamine groups is 2. The molecule has 2 atom stereocenters. The van der Waals surface area contributed by atoms with E-state index in [1.807, 2.05) is 35.0 Å². The van der Waals surface area contributed by atoms with Crippen molar-refractivity contribution in [1.29, 1.82) is 0 Å². The van der Waals surface area contributed by atoms with Crippen LogP contribution in [-0.4, -0.2) is 38.5 Å². The molecule has 0 saturated carbocycles. The van der Waals surface area contributed by atoms with Gasteiger partial charge in [0.2, 0.25) is 0 Å². The number of quaternary nitrogens is 1. The number of nitrogens with one attached hydrogen (secondary N) is 2. The number of fused-ring (bicyclic) bond motifs is 1. The van der Waals surface area contributed by atoms with E-state index in [-0.39, 0.29) is 11.6 Å². The zero-order chi connectivity index (χ0) is 17.8. The van der Waals surface area contributed by atoms with Gasteiger partial charge in [-0.1, -0.05) is 37.3 Å². The van der Waals surface area contributed by atoms with Gasteiger partial charge in [-0.3, -0.25) is 4.79 Å². The second-order valence-electron chi connectivity index (χ2n) is 6.34. The van der Waals surface area contributed by atoms with Crippen molar-refractivity contribution < 1.29 is 10.3 Å². The monoisotopic (exact) mass is 342 g/mol. The molecule has 2 unspecified atom stereocenters. The van der Waals surface area contributed by atoms with Gasteiger partial charge in [-0.05, 0) is 12.0 Å². The minimum atomic E-state index is -0.165. The number of aromatic nitrogens is 4. The van der Waals surface area contributed by atoms with Crippen LogP contribution in [0.3, 0.4) is 0 Å². The molecule has 0 radical (unpaired) electrons. The molecular formula is C18H24N5O2+. The van der Waals surface area contributed by atoms with Crippen molar-refractivity contribution in [1.82, 2.24) is 19.7 Å². The number of hydrogen-bond donors (Lipinski definition) is 3. The Kier molecular flexibility index (Phi) is 5.25. The number of hydrogen-bond acceptors (Lipinski definition) is 4. The fourth-order valence-electron chi connectivity index (χ4n) is 3.00. The maximum Gasteiger partial charge on any atom is 0.262 e. The first kappa shape index (κ1) is 17.3. The maximum absolute atomic E-state index is 12.4. The van der Waals surface area contributed by atoms with Gasteiger partial charge in [-0.25, -0.2) is 14.9 Å². The zero-order valence-electron chi connectivity index (χ0n) is 14.6. The van der Waals surface area contributed by atoms with E-state index in [1.165, 1.54) is 0 Å². The van der Waals surface area contributed by atoms with E-state index >= 15 is 0 Å². The van der Waals surface area contributed by atoms with Gasteiger partial charge in [-0.15, -0.1) is 0 Å². The molecule has 0 aliphatic rings. The highest BCUT2D eigenvalue weighted by Crippen LogP contribution is 2.19. The Morgan fingerprint density at radius 3 is 2.76 bits per heavy atom. The van der Waals surface area contributed by atoms with Gasteiger partial charge in [0, 0.05) is 12.8 Å². The highest BCUT2D eigenvalue weighted by molar-refractivity contribution is 5.73. The Labute approximate surface area is 145 Å². The standard InChI is InChI=1S/C18H23N5O2/c1-3-14(9-10-22(2)25)23-17-15(12-19-23)18(24)21-16(20-17)11-13-7-5-4-6-8-13/h4-8,12,14,25H,3,9-11H2,1-2H3,(H,20,21,24)/p+1. The van der Waals surface area contributed by atoms with E-state index in [9.17, 15) is 10.0 Å². The van der Waals surface area contributed by atoms with E-state index in [4.69, 9.17) is 0 Å². The maximum atomic E-state index is 12.4. The predicted octanol–water partition coefficient (Wildman–Crippen LogP) is 0.956. The lowest BCUT2D eigenvalue weighted by Crippen LogP contribution is -3.06. The normalized spacial score (nSPS) is 13.9. The molecule has 1 aromatic carbocycles. The smallest absolute Gasteiger partial charge is 0.262 e. The van der Waals surface area contributed by atoms with Crippen molar-refractivity contribution in [2.45, 2.75) is 32.2 Å². The summed E-state index contributed by atoms with van der Waals surface area (Å²) in [5, 5.41) is 14.8. The van der Waals surface area contributed by atoms with Crippen molar-refractivity contribution >= 4 is 11.0 Å². The molecule has 2 heterocycles. The lowest BCUT2D eigenvalue weighted by Gasteiger charge is -2.16. The van der Waals surface area contributed by atoms with E-state index in [1.54, 1.807) is 13.2 Å². The van der Waals surface area contributed by atoms with Gasteiger partial charge in [0.25, 0.3) is 5.56 Å². The summed E-state index contributed by atoms with van der Waals surface area (Å²) in [4.78, 5) is 19.9. The van der Waals surface area contributed by atoms with Gasteiger partial charge in [0.05, 0.1) is 19.3 Å². The number of H-pyrrole nitrogens is 1. The first-order chi connectivity index (χ1) is 12.1. The molecule has 132 valence electrons. The minimum absolute atomic E-state index is 0.0958. The molecule has 2 aromatic heterocycles. The molecule has 25 heavy (non-hydrogen) atoms. The average Bonchev–Trinajstić information content (AvgIpc) is 3.01. The molecule has 0 aliphatic heterocycles. The first-order valence-electron chi connectivity index (χ1n) is 8.60. The Morgan fingerprint density at radius 2 is 2.08 bits per heavy atom. The molecule has 3 rings (SSSR count). The third-order valence-corrected chi connectivity index (χ3v) is 4.38. The van der Waals surface area contributed by atoms with Crippen molar-refractivity contribution in [2.24, 2.45) is 0 Å². The van der Waals surface area contributed by atoms with Crippen LogP contribution in [0.2, 0.25) is 0 Å². The molecule has 7 nitrogen and oxygen atoms in total. The molecule has 3 aromatic rings. The molecule has 0 saturated heterocycles. The van der Waals surface area contributed by atoms with Crippen LogP contribution in [0, 0.1) is 0 Å². The highest BCUT2D eigenvalue weighted by Gasteiger charge is 2.18. The van der Waals surface area contributed by atoms with E-state index in [0.29, 0.717) is 34.9 Å². The summed E-state index contributed by atoms with van der Waals surface area (Å²) in [5.41, 5.74) is 1.53. The van der Waals surface area contributed by atoms with Crippen molar-refractivity contribution in [3.63, 3.8) is 0 Å². The largest absolute Gasteiger partial charge is 0.310 e. The lowest BCUT2D eigenvalue weighted by atomic mass is 10.1. The summed E-state index contributed by atoms with van der Waals surface area (Å²) in [6.45, 7) is 2.68. The number of rotatable bonds is 7. The van der Waals surface area contributed by atoms with Crippen LogP contribution in [0.1, 0.15) is 37.2 Å². The van der Waals surface area contributed by atoms with Crippen molar-refractivity contribution in [2.75, 3.05) is 13.6 Å². The van der Waals surface area contributed by atoms with Crippen LogP contribution in [0.4, 0.5) is 0 Å². The van der Waals surface area contributed by atoms with Crippen LogP contribution in [-0.2, 0) is 6.42 Å². The molecule has 0 amide bonds. The highest BCUT2D eigenvalue weighted by atomic mass is 16.5. The fraction of sp³-hybridized carbons (Fsp3) is 0.389. The number of benzene rings is 1. The molecule has 0 spiro atoms. The predicted molar refractivity (Wildman–Crippen MR) is 94.9 cm³/mol. The van der Waals surface area contributed by atoms with Gasteiger partial charge < -0.3 is 4.98 Å². The van der Waals surface area contributed by atoms with E-state index in [0.717, 1.165) is 18.4 Å². The quantitative estimate of drug-likeness (QED) is 0.558.